The summed E-state index contributed by atoms with van der Waals surface area (Å²) in [7, 11) is 1.23. The van der Waals surface area contributed by atoms with Crippen molar-refractivity contribution in [2.24, 2.45) is 5.92 Å². The molecule has 0 unspecified atom stereocenters. The van der Waals surface area contributed by atoms with Gasteiger partial charge in [0, 0.05) is 22.7 Å². The maximum atomic E-state index is 15.4. The molecule has 2 aromatic heterocycles. The molecule has 2 atom stereocenters. The lowest BCUT2D eigenvalue weighted by molar-refractivity contribution is -0.119. The van der Waals surface area contributed by atoms with Crippen LogP contribution in [0.4, 0.5) is 25.0 Å². The van der Waals surface area contributed by atoms with Crippen molar-refractivity contribution in [3.63, 3.8) is 0 Å². The zero-order valence-corrected chi connectivity index (χ0v) is 24.8. The molecule has 5 rings (SSSR count). The van der Waals surface area contributed by atoms with Crippen LogP contribution in [0, 0.1) is 24.5 Å². The Kier molecular flexibility index (Phi) is 8.91. The van der Waals surface area contributed by atoms with E-state index in [1.165, 1.54) is 36.2 Å². The Bertz CT molecular complexity index is 1760. The molecule has 2 bridgehead atoms. The third-order valence-electron chi connectivity index (χ3n) is 7.54. The smallest absolute Gasteiger partial charge is 0.411 e. The number of nitrogens with one attached hydrogen (secondary N) is 3. The molecular formula is C31H29ClF2N6O4. The van der Waals surface area contributed by atoms with Gasteiger partial charge in [0.05, 0.1) is 53.2 Å². The number of methoxy groups -OCH3 is 1. The molecule has 1 aliphatic rings. The fourth-order valence-electron chi connectivity index (χ4n) is 5.07. The number of anilines is 2. The Balaban J connectivity index is 1.51. The monoisotopic (exact) mass is 622 g/mol. The Morgan fingerprint density at radius 1 is 1.14 bits per heavy atom. The van der Waals surface area contributed by atoms with Crippen molar-refractivity contribution in [1.82, 2.24) is 20.1 Å². The summed E-state index contributed by atoms with van der Waals surface area (Å²) in [5.41, 5.74) is 2.38. The van der Waals surface area contributed by atoms with Crippen molar-refractivity contribution in [1.29, 1.82) is 0 Å². The van der Waals surface area contributed by atoms with Crippen LogP contribution in [-0.2, 0) is 9.53 Å². The standard InChI is InChI=1S/C31H29ClF2N6O4/c1-16-6-4-8-24(38-30(42)21-14-36-40(17(21)2)27-9-5-7-22(32)28(27)34)20-13-25(35-15-23(20)33)19-11-10-18(37-31(43)44-3)12-26(19)39-29(16)41/h5,7,9-16,24H,4,6,8H2,1-3H3,(H,37,43)(H,38,42)(H,39,41)/t16-,24+/m1/s1. The first-order valence-electron chi connectivity index (χ1n) is 13.8. The number of nitrogens with zero attached hydrogens (tertiary/aromatic N) is 3. The van der Waals surface area contributed by atoms with Gasteiger partial charge in [0.1, 0.15) is 11.5 Å². The quantitative estimate of drug-likeness (QED) is 0.236. The number of rotatable bonds is 4. The molecule has 1 aliphatic heterocycles. The van der Waals surface area contributed by atoms with Gasteiger partial charge in [-0.25, -0.2) is 18.3 Å². The number of hydrogen-bond acceptors (Lipinski definition) is 6. The van der Waals surface area contributed by atoms with E-state index in [9.17, 15) is 18.8 Å². The Morgan fingerprint density at radius 2 is 1.93 bits per heavy atom. The van der Waals surface area contributed by atoms with Crippen molar-refractivity contribution < 1.29 is 27.9 Å². The highest BCUT2D eigenvalue weighted by atomic mass is 35.5. The minimum Gasteiger partial charge on any atom is -0.453 e. The predicted octanol–water partition coefficient (Wildman–Crippen LogP) is 6.58. The van der Waals surface area contributed by atoms with E-state index in [-0.39, 0.29) is 27.7 Å². The molecular weight excluding hydrogens is 594 g/mol. The number of aromatic nitrogens is 3. The highest BCUT2D eigenvalue weighted by molar-refractivity contribution is 6.30. The van der Waals surface area contributed by atoms with E-state index in [2.05, 4.69) is 30.8 Å². The second-order valence-electron chi connectivity index (χ2n) is 10.4. The minimum absolute atomic E-state index is 0.0824. The number of benzene rings is 2. The van der Waals surface area contributed by atoms with E-state index < -0.39 is 35.6 Å². The van der Waals surface area contributed by atoms with Gasteiger partial charge in [0.25, 0.3) is 5.91 Å². The molecule has 44 heavy (non-hydrogen) atoms. The van der Waals surface area contributed by atoms with Gasteiger partial charge in [-0.3, -0.25) is 19.9 Å². The normalized spacial score (nSPS) is 16.5. The molecule has 0 aliphatic carbocycles. The number of ether oxygens (including phenoxy) is 1. The largest absolute Gasteiger partial charge is 0.453 e. The van der Waals surface area contributed by atoms with Crippen molar-refractivity contribution in [2.45, 2.75) is 39.2 Å². The van der Waals surface area contributed by atoms with Gasteiger partial charge in [-0.05, 0) is 56.2 Å². The number of carbonyl (C=O) groups excluding carboxylic acids is 3. The maximum Gasteiger partial charge on any atom is 0.411 e. The lowest BCUT2D eigenvalue weighted by Crippen LogP contribution is -2.30. The van der Waals surface area contributed by atoms with Crippen LogP contribution in [0.1, 0.15) is 53.8 Å². The molecule has 13 heteroatoms. The molecule has 3 N–H and O–H groups in total. The molecule has 4 aromatic rings. The predicted molar refractivity (Wildman–Crippen MR) is 161 cm³/mol. The number of hydrogen-bond donors (Lipinski definition) is 3. The Labute approximate surface area is 256 Å². The van der Waals surface area contributed by atoms with Gasteiger partial charge in [-0.2, -0.15) is 5.10 Å². The summed E-state index contributed by atoms with van der Waals surface area (Å²) in [4.78, 5) is 42.7. The van der Waals surface area contributed by atoms with E-state index >= 15 is 4.39 Å². The van der Waals surface area contributed by atoms with Gasteiger partial charge in [0.2, 0.25) is 5.91 Å². The molecule has 3 heterocycles. The van der Waals surface area contributed by atoms with Crippen LogP contribution in [0.25, 0.3) is 16.9 Å². The van der Waals surface area contributed by atoms with E-state index in [1.54, 1.807) is 38.1 Å². The molecule has 2 aromatic carbocycles. The highest BCUT2D eigenvalue weighted by Gasteiger charge is 2.26. The van der Waals surface area contributed by atoms with Crippen LogP contribution >= 0.6 is 11.6 Å². The van der Waals surface area contributed by atoms with Crippen LogP contribution in [0.2, 0.25) is 5.02 Å². The zero-order chi connectivity index (χ0) is 31.5. The van der Waals surface area contributed by atoms with Crippen LogP contribution in [0.5, 0.6) is 0 Å². The molecule has 228 valence electrons. The second kappa shape index (κ2) is 12.8. The number of fused-ring (bicyclic) bond motifs is 4. The first-order chi connectivity index (χ1) is 21.1. The minimum atomic E-state index is -0.784. The second-order valence-corrected chi connectivity index (χ2v) is 10.9. The first-order valence-corrected chi connectivity index (χ1v) is 14.2. The summed E-state index contributed by atoms with van der Waals surface area (Å²) in [5.74, 6) is -2.49. The van der Waals surface area contributed by atoms with E-state index in [4.69, 9.17) is 11.6 Å². The Morgan fingerprint density at radius 3 is 2.70 bits per heavy atom. The lowest BCUT2D eigenvalue weighted by atomic mass is 9.94. The van der Waals surface area contributed by atoms with Crippen LogP contribution < -0.4 is 16.0 Å². The van der Waals surface area contributed by atoms with Crippen molar-refractivity contribution >= 4 is 40.9 Å². The van der Waals surface area contributed by atoms with Crippen molar-refractivity contribution in [3.8, 4) is 16.9 Å². The van der Waals surface area contributed by atoms with E-state index in [1.807, 2.05) is 0 Å². The van der Waals surface area contributed by atoms with Crippen molar-refractivity contribution in [3.05, 3.63) is 88.3 Å². The van der Waals surface area contributed by atoms with Crippen LogP contribution in [-0.4, -0.2) is 39.8 Å². The highest BCUT2D eigenvalue weighted by Crippen LogP contribution is 2.34. The summed E-state index contributed by atoms with van der Waals surface area (Å²) in [6, 6.07) is 10.0. The fourth-order valence-corrected chi connectivity index (χ4v) is 5.24. The first kappa shape index (κ1) is 30.6. The lowest BCUT2D eigenvalue weighted by Gasteiger charge is -2.23. The fraction of sp³-hybridized carbons (Fsp3) is 0.258. The zero-order valence-electron chi connectivity index (χ0n) is 24.1. The molecule has 0 saturated heterocycles. The summed E-state index contributed by atoms with van der Waals surface area (Å²) < 4.78 is 36.0. The number of pyridine rings is 1. The van der Waals surface area contributed by atoms with E-state index in [0.29, 0.717) is 47.6 Å². The number of halogens is 3. The van der Waals surface area contributed by atoms with Gasteiger partial charge < -0.3 is 15.4 Å². The van der Waals surface area contributed by atoms with Crippen LogP contribution in [0.15, 0.2) is 54.9 Å². The third kappa shape index (κ3) is 6.25. The third-order valence-corrected chi connectivity index (χ3v) is 7.83. The molecule has 10 nitrogen and oxygen atoms in total. The molecule has 3 amide bonds. The van der Waals surface area contributed by atoms with E-state index in [0.717, 1.165) is 6.20 Å². The summed E-state index contributed by atoms with van der Waals surface area (Å²) in [5, 5.41) is 12.5. The van der Waals surface area contributed by atoms with Gasteiger partial charge >= 0.3 is 6.09 Å². The molecule has 0 fully saturated rings. The van der Waals surface area contributed by atoms with Gasteiger partial charge in [0.15, 0.2) is 5.82 Å². The van der Waals surface area contributed by atoms with Gasteiger partial charge in [-0.15, -0.1) is 0 Å². The summed E-state index contributed by atoms with van der Waals surface area (Å²) >= 11 is 5.94. The maximum absolute atomic E-state index is 15.4. The van der Waals surface area contributed by atoms with Crippen molar-refractivity contribution in [2.75, 3.05) is 17.7 Å². The van der Waals surface area contributed by atoms with Gasteiger partial charge in [-0.1, -0.05) is 31.0 Å². The Hall–Kier alpha value is -4.84. The molecule has 0 saturated carbocycles. The summed E-state index contributed by atoms with van der Waals surface area (Å²) in [6.45, 7) is 3.39. The number of carbonyl (C=O) groups is 3. The topological polar surface area (TPSA) is 127 Å². The SMILES string of the molecule is COC(=O)Nc1ccc2c(c1)NC(=O)[C@H](C)CCC[C@H](NC(=O)c1cnn(-c3cccc(Cl)c3F)c1C)c1cc-2ncc1F. The average molecular weight is 623 g/mol. The molecule has 0 radical (unpaired) electrons. The molecule has 0 spiro atoms. The van der Waals surface area contributed by atoms with Crippen LogP contribution in [0.3, 0.4) is 0 Å². The summed E-state index contributed by atoms with van der Waals surface area (Å²) in [6.07, 6.45) is 2.97. The average Bonchev–Trinajstić information content (AvgIpc) is 3.38. The number of amides is 3.